The van der Waals surface area contributed by atoms with Crippen LogP contribution in [0.2, 0.25) is 0 Å². The summed E-state index contributed by atoms with van der Waals surface area (Å²) in [6.07, 6.45) is -0.473. The van der Waals surface area contributed by atoms with Crippen molar-refractivity contribution in [2.24, 2.45) is 0 Å². The van der Waals surface area contributed by atoms with E-state index < -0.39 is 6.10 Å². The molecular formula is C10H15NO2. The molecule has 0 amide bonds. The van der Waals surface area contributed by atoms with E-state index in [0.717, 1.165) is 5.56 Å². The molecule has 0 heterocycles. The van der Waals surface area contributed by atoms with Crippen LogP contribution in [0.25, 0.3) is 0 Å². The van der Waals surface area contributed by atoms with Crippen LogP contribution in [0.4, 0.5) is 5.69 Å². The molecule has 1 aromatic rings. The van der Waals surface area contributed by atoms with Crippen LogP contribution in [0, 0.1) is 6.92 Å². The fraction of sp³-hybridized carbons (Fsp3) is 0.400. The third-order valence-electron chi connectivity index (χ3n) is 1.71. The molecule has 0 radical (unpaired) electrons. The number of hydrogen-bond acceptors (Lipinski definition) is 3. The number of para-hydroxylation sites is 1. The van der Waals surface area contributed by atoms with Crippen LogP contribution in [-0.2, 0) is 0 Å². The van der Waals surface area contributed by atoms with E-state index in [1.807, 2.05) is 19.1 Å². The first-order valence-electron chi connectivity index (χ1n) is 4.27. The molecule has 1 unspecified atom stereocenters. The van der Waals surface area contributed by atoms with E-state index in [2.05, 4.69) is 0 Å². The topological polar surface area (TPSA) is 55.5 Å². The highest BCUT2D eigenvalue weighted by atomic mass is 16.5. The van der Waals surface area contributed by atoms with Crippen LogP contribution in [0.15, 0.2) is 18.2 Å². The number of anilines is 1. The molecule has 1 rings (SSSR count). The Morgan fingerprint density at radius 3 is 2.77 bits per heavy atom. The van der Waals surface area contributed by atoms with E-state index >= 15 is 0 Å². The minimum atomic E-state index is -0.473. The Hall–Kier alpha value is -1.22. The van der Waals surface area contributed by atoms with Crippen molar-refractivity contribution in [3.8, 4) is 5.75 Å². The highest BCUT2D eigenvalue weighted by Gasteiger charge is 2.04. The zero-order valence-electron chi connectivity index (χ0n) is 7.95. The van der Waals surface area contributed by atoms with Gasteiger partial charge >= 0.3 is 0 Å². The number of benzene rings is 1. The molecule has 0 aromatic heterocycles. The van der Waals surface area contributed by atoms with Crippen molar-refractivity contribution in [1.29, 1.82) is 0 Å². The van der Waals surface area contributed by atoms with Gasteiger partial charge in [-0.2, -0.15) is 0 Å². The van der Waals surface area contributed by atoms with Gasteiger partial charge in [0.2, 0.25) is 0 Å². The van der Waals surface area contributed by atoms with E-state index in [1.54, 1.807) is 13.0 Å². The number of aryl methyl sites for hydroxylation is 1. The highest BCUT2D eigenvalue weighted by Crippen LogP contribution is 2.25. The second kappa shape index (κ2) is 4.14. The fourth-order valence-corrected chi connectivity index (χ4v) is 1.08. The van der Waals surface area contributed by atoms with Crippen molar-refractivity contribution in [2.75, 3.05) is 12.3 Å². The van der Waals surface area contributed by atoms with Crippen LogP contribution in [0.3, 0.4) is 0 Å². The lowest BCUT2D eigenvalue weighted by molar-refractivity contribution is 0.123. The summed E-state index contributed by atoms with van der Waals surface area (Å²) in [6.45, 7) is 3.87. The average molecular weight is 181 g/mol. The first kappa shape index (κ1) is 9.86. The summed E-state index contributed by atoms with van der Waals surface area (Å²) >= 11 is 0. The van der Waals surface area contributed by atoms with Gasteiger partial charge in [-0.1, -0.05) is 12.1 Å². The minimum absolute atomic E-state index is 0.273. The predicted octanol–water partition coefficient (Wildman–Crippen LogP) is 1.34. The highest BCUT2D eigenvalue weighted by molar-refractivity contribution is 5.56. The Morgan fingerprint density at radius 1 is 1.54 bits per heavy atom. The lowest BCUT2D eigenvalue weighted by atomic mass is 10.2. The summed E-state index contributed by atoms with van der Waals surface area (Å²) < 4.78 is 5.35. The maximum Gasteiger partial charge on any atom is 0.145 e. The summed E-state index contributed by atoms with van der Waals surface area (Å²) in [4.78, 5) is 0. The second-order valence-corrected chi connectivity index (χ2v) is 3.15. The van der Waals surface area contributed by atoms with Crippen LogP contribution in [0.5, 0.6) is 5.75 Å². The predicted molar refractivity (Wildman–Crippen MR) is 52.8 cm³/mol. The maximum atomic E-state index is 9.03. The third-order valence-corrected chi connectivity index (χ3v) is 1.71. The van der Waals surface area contributed by atoms with Gasteiger partial charge in [0.25, 0.3) is 0 Å². The average Bonchev–Trinajstić information content (AvgIpc) is 2.03. The van der Waals surface area contributed by atoms with Gasteiger partial charge in [0.1, 0.15) is 12.4 Å². The zero-order valence-corrected chi connectivity index (χ0v) is 7.95. The van der Waals surface area contributed by atoms with E-state index in [9.17, 15) is 0 Å². The Labute approximate surface area is 78.1 Å². The Balaban J connectivity index is 2.75. The molecule has 0 spiro atoms. The molecule has 0 fully saturated rings. The van der Waals surface area contributed by atoms with Gasteiger partial charge in [0.15, 0.2) is 0 Å². The molecule has 1 aromatic carbocycles. The fourth-order valence-electron chi connectivity index (χ4n) is 1.08. The van der Waals surface area contributed by atoms with E-state index in [0.29, 0.717) is 11.4 Å². The first-order valence-corrected chi connectivity index (χ1v) is 4.27. The molecule has 3 heteroatoms. The standard InChI is InChI=1S/C10H15NO2/c1-7-4-3-5-9(11)10(7)13-6-8(2)12/h3-5,8,12H,6,11H2,1-2H3. The van der Waals surface area contributed by atoms with E-state index in [1.165, 1.54) is 0 Å². The number of rotatable bonds is 3. The normalized spacial score (nSPS) is 12.5. The van der Waals surface area contributed by atoms with Crippen LogP contribution in [-0.4, -0.2) is 17.8 Å². The van der Waals surface area contributed by atoms with Gasteiger partial charge in [-0.3, -0.25) is 0 Å². The molecular weight excluding hydrogens is 166 g/mol. The van der Waals surface area contributed by atoms with Crippen LogP contribution >= 0.6 is 0 Å². The van der Waals surface area contributed by atoms with Crippen molar-refractivity contribution in [3.63, 3.8) is 0 Å². The molecule has 13 heavy (non-hydrogen) atoms. The maximum absolute atomic E-state index is 9.03. The lowest BCUT2D eigenvalue weighted by Gasteiger charge is -2.12. The van der Waals surface area contributed by atoms with Gasteiger partial charge in [-0.05, 0) is 25.5 Å². The van der Waals surface area contributed by atoms with Crippen LogP contribution in [0.1, 0.15) is 12.5 Å². The minimum Gasteiger partial charge on any atom is -0.488 e. The van der Waals surface area contributed by atoms with Crippen molar-refractivity contribution >= 4 is 5.69 Å². The molecule has 0 aliphatic heterocycles. The number of nitrogen functional groups attached to an aromatic ring is 1. The molecule has 0 bridgehead atoms. The van der Waals surface area contributed by atoms with Gasteiger partial charge in [-0.25, -0.2) is 0 Å². The monoisotopic (exact) mass is 181 g/mol. The summed E-state index contributed by atoms with van der Waals surface area (Å²) in [6, 6.07) is 5.58. The first-order chi connectivity index (χ1) is 6.11. The lowest BCUT2D eigenvalue weighted by Crippen LogP contribution is -2.14. The largest absolute Gasteiger partial charge is 0.488 e. The molecule has 1 atom stereocenters. The Morgan fingerprint density at radius 2 is 2.23 bits per heavy atom. The third kappa shape index (κ3) is 2.63. The Bertz CT molecular complexity index is 264. The molecule has 0 aliphatic rings. The molecule has 3 N–H and O–H groups in total. The SMILES string of the molecule is Cc1cccc(N)c1OCC(C)O. The van der Waals surface area contributed by atoms with Crippen LogP contribution < -0.4 is 10.5 Å². The van der Waals surface area contributed by atoms with Crippen molar-refractivity contribution in [3.05, 3.63) is 23.8 Å². The van der Waals surface area contributed by atoms with Gasteiger partial charge in [0, 0.05) is 0 Å². The van der Waals surface area contributed by atoms with Gasteiger partial charge < -0.3 is 15.6 Å². The van der Waals surface area contributed by atoms with Gasteiger partial charge in [0.05, 0.1) is 11.8 Å². The number of aliphatic hydroxyl groups excluding tert-OH is 1. The summed E-state index contributed by atoms with van der Waals surface area (Å²) in [5.74, 6) is 0.670. The summed E-state index contributed by atoms with van der Waals surface area (Å²) in [7, 11) is 0. The molecule has 0 saturated heterocycles. The molecule has 3 nitrogen and oxygen atoms in total. The molecule has 72 valence electrons. The van der Waals surface area contributed by atoms with Gasteiger partial charge in [-0.15, -0.1) is 0 Å². The Kier molecular flexibility index (Phi) is 3.14. The van der Waals surface area contributed by atoms with E-state index in [-0.39, 0.29) is 6.61 Å². The second-order valence-electron chi connectivity index (χ2n) is 3.15. The smallest absolute Gasteiger partial charge is 0.145 e. The van der Waals surface area contributed by atoms with E-state index in [4.69, 9.17) is 15.6 Å². The van der Waals surface area contributed by atoms with Crippen molar-refractivity contribution in [1.82, 2.24) is 0 Å². The quantitative estimate of drug-likeness (QED) is 0.692. The number of hydrogen-bond donors (Lipinski definition) is 2. The number of nitrogens with two attached hydrogens (primary N) is 1. The number of aliphatic hydroxyl groups is 1. The zero-order chi connectivity index (χ0) is 9.84. The summed E-state index contributed by atoms with van der Waals surface area (Å²) in [5, 5.41) is 9.03. The molecule has 0 saturated carbocycles. The van der Waals surface area contributed by atoms with Crippen molar-refractivity contribution in [2.45, 2.75) is 20.0 Å². The van der Waals surface area contributed by atoms with Crippen molar-refractivity contribution < 1.29 is 9.84 Å². The summed E-state index contributed by atoms with van der Waals surface area (Å²) in [5.41, 5.74) is 7.30. The number of ether oxygens (including phenoxy) is 1. The molecule has 0 aliphatic carbocycles.